The van der Waals surface area contributed by atoms with Gasteiger partial charge in [0.05, 0.1) is 13.2 Å². The molecular formula is C9H19NO8. The average Bonchev–Trinajstić information content (AvgIpc) is 2.34. The van der Waals surface area contributed by atoms with E-state index in [2.05, 4.69) is 0 Å². The molecule has 0 bridgehead atoms. The molecule has 0 radical (unpaired) electrons. The minimum Gasteiger partial charge on any atom is -0.600 e. The van der Waals surface area contributed by atoms with Gasteiger partial charge in [-0.05, 0) is 0 Å². The Morgan fingerprint density at radius 3 is 2.39 bits per heavy atom. The van der Waals surface area contributed by atoms with Crippen molar-refractivity contribution in [3.8, 4) is 0 Å². The number of quaternary nitrogens is 1. The minimum atomic E-state index is -1.49. The highest BCUT2D eigenvalue weighted by Gasteiger charge is 2.43. The van der Waals surface area contributed by atoms with Gasteiger partial charge in [0.15, 0.2) is 6.29 Å². The lowest BCUT2D eigenvalue weighted by Crippen LogP contribution is -3.04. The zero-order chi connectivity index (χ0) is 13.7. The fraction of sp³-hybridized carbons (Fsp3) is 1.00. The van der Waals surface area contributed by atoms with Crippen LogP contribution in [0.2, 0.25) is 0 Å². The van der Waals surface area contributed by atoms with Crippen LogP contribution in [0.5, 0.6) is 0 Å². The lowest BCUT2D eigenvalue weighted by atomic mass is 9.99. The van der Waals surface area contributed by atoms with E-state index in [-0.39, 0.29) is 19.6 Å². The third kappa shape index (κ3) is 4.09. The van der Waals surface area contributed by atoms with Crippen molar-refractivity contribution in [3.05, 3.63) is 5.21 Å². The van der Waals surface area contributed by atoms with Crippen LogP contribution in [-0.2, 0) is 9.47 Å². The Kier molecular flexibility index (Phi) is 6.35. The Bertz CT molecular complexity index is 239. The van der Waals surface area contributed by atoms with Crippen LogP contribution < -0.4 is 5.23 Å². The standard InChI is InChI=1S/C9H19NO8/c11-4-5-6(12)7(13)8(14)9(18-5)17-3-1-2-10(15)16/h5-15H,1-4H2/t5-,6-,7-,8+,9+/m0/s1. The van der Waals surface area contributed by atoms with Crippen molar-refractivity contribution in [2.24, 2.45) is 0 Å². The van der Waals surface area contributed by atoms with Crippen molar-refractivity contribution in [1.29, 1.82) is 0 Å². The van der Waals surface area contributed by atoms with Crippen LogP contribution in [0.1, 0.15) is 6.42 Å². The third-order valence-electron chi connectivity index (χ3n) is 2.67. The van der Waals surface area contributed by atoms with Gasteiger partial charge in [-0.15, -0.1) is 0 Å². The summed E-state index contributed by atoms with van der Waals surface area (Å²) in [6.45, 7) is -0.591. The Hall–Kier alpha value is -0.360. The van der Waals surface area contributed by atoms with E-state index in [1.165, 1.54) is 0 Å². The van der Waals surface area contributed by atoms with Crippen molar-refractivity contribution in [2.45, 2.75) is 37.1 Å². The summed E-state index contributed by atoms with van der Waals surface area (Å²) >= 11 is 0. The average molecular weight is 269 g/mol. The largest absolute Gasteiger partial charge is 0.600 e. The molecular weight excluding hydrogens is 250 g/mol. The molecule has 9 nitrogen and oxygen atoms in total. The molecule has 1 unspecified atom stereocenters. The summed E-state index contributed by atoms with van der Waals surface area (Å²) in [5.41, 5.74) is 0. The van der Waals surface area contributed by atoms with Crippen LogP contribution in [0, 0.1) is 5.21 Å². The number of hydroxylamine groups is 2. The van der Waals surface area contributed by atoms with E-state index in [1.807, 2.05) is 0 Å². The van der Waals surface area contributed by atoms with E-state index in [0.29, 0.717) is 0 Å². The van der Waals surface area contributed by atoms with Gasteiger partial charge in [0.2, 0.25) is 0 Å². The molecule has 1 heterocycles. The molecule has 0 aromatic carbocycles. The van der Waals surface area contributed by atoms with Gasteiger partial charge in [0, 0.05) is 6.42 Å². The Morgan fingerprint density at radius 2 is 1.83 bits per heavy atom. The fourth-order valence-electron chi connectivity index (χ4n) is 1.63. The Morgan fingerprint density at radius 1 is 1.17 bits per heavy atom. The number of ether oxygens (including phenoxy) is 2. The van der Waals surface area contributed by atoms with Crippen LogP contribution >= 0.6 is 0 Å². The van der Waals surface area contributed by atoms with E-state index in [0.717, 1.165) is 0 Å². The molecule has 0 aromatic rings. The predicted molar refractivity (Wildman–Crippen MR) is 55.3 cm³/mol. The molecule has 6 atom stereocenters. The van der Waals surface area contributed by atoms with Gasteiger partial charge in [0.1, 0.15) is 31.0 Å². The third-order valence-corrected chi connectivity index (χ3v) is 2.67. The summed E-state index contributed by atoms with van der Waals surface area (Å²) in [7, 11) is 0. The maximum atomic E-state index is 10.3. The van der Waals surface area contributed by atoms with Gasteiger partial charge in [-0.3, -0.25) is 0 Å². The molecule has 1 saturated heterocycles. The van der Waals surface area contributed by atoms with E-state index in [1.54, 1.807) is 0 Å². The van der Waals surface area contributed by atoms with Crippen LogP contribution in [0.3, 0.4) is 0 Å². The van der Waals surface area contributed by atoms with E-state index >= 15 is 0 Å². The number of rotatable bonds is 6. The molecule has 1 fully saturated rings. The normalized spacial score (nSPS) is 38.7. The second-order valence-corrected chi connectivity index (χ2v) is 4.07. The predicted octanol–water partition coefficient (Wildman–Crippen LogP) is -4.04. The molecule has 0 amide bonds. The van der Waals surface area contributed by atoms with Crippen LogP contribution in [-0.4, -0.2) is 76.1 Å². The second kappa shape index (κ2) is 7.28. The van der Waals surface area contributed by atoms with Crippen LogP contribution in [0.4, 0.5) is 0 Å². The smallest absolute Gasteiger partial charge is 0.186 e. The van der Waals surface area contributed by atoms with Crippen molar-refractivity contribution in [3.63, 3.8) is 0 Å². The molecule has 6 N–H and O–H groups in total. The number of hydrogen-bond donors (Lipinski definition) is 6. The van der Waals surface area contributed by atoms with Crippen molar-refractivity contribution < 1.29 is 40.3 Å². The van der Waals surface area contributed by atoms with Gasteiger partial charge >= 0.3 is 0 Å². The van der Waals surface area contributed by atoms with Gasteiger partial charge in [-0.1, -0.05) is 0 Å². The maximum Gasteiger partial charge on any atom is 0.186 e. The highest BCUT2D eigenvalue weighted by Crippen LogP contribution is 2.21. The lowest BCUT2D eigenvalue weighted by Gasteiger charge is -2.39. The highest BCUT2D eigenvalue weighted by atomic mass is 16.8. The zero-order valence-electron chi connectivity index (χ0n) is 9.68. The van der Waals surface area contributed by atoms with Crippen LogP contribution in [0.15, 0.2) is 0 Å². The number of hydrogen-bond acceptors (Lipinski definition) is 8. The number of aliphatic hydroxyl groups excluding tert-OH is 4. The zero-order valence-corrected chi connectivity index (χ0v) is 9.68. The summed E-state index contributed by atoms with van der Waals surface area (Å²) in [6, 6.07) is 0. The lowest BCUT2D eigenvalue weighted by molar-refractivity contribution is -1.05. The van der Waals surface area contributed by atoms with Gasteiger partial charge in [-0.25, -0.2) is 10.4 Å². The molecule has 0 saturated carbocycles. The Balaban J connectivity index is 2.39. The summed E-state index contributed by atoms with van der Waals surface area (Å²) in [6.07, 6.45) is -6.36. The molecule has 9 heteroatoms. The summed E-state index contributed by atoms with van der Waals surface area (Å²) < 4.78 is 10.1. The monoisotopic (exact) mass is 269 g/mol. The number of nitrogens with one attached hydrogen (secondary N) is 1. The van der Waals surface area contributed by atoms with E-state index in [9.17, 15) is 20.5 Å². The van der Waals surface area contributed by atoms with Crippen molar-refractivity contribution in [1.82, 2.24) is 0 Å². The van der Waals surface area contributed by atoms with Crippen molar-refractivity contribution in [2.75, 3.05) is 19.8 Å². The van der Waals surface area contributed by atoms with Crippen molar-refractivity contribution >= 4 is 0 Å². The first-order chi connectivity index (χ1) is 8.47. The molecule has 108 valence electrons. The molecule has 0 aliphatic carbocycles. The Labute approximate surface area is 103 Å². The molecule has 1 aliphatic rings. The maximum absolute atomic E-state index is 10.3. The molecule has 0 aromatic heterocycles. The molecule has 0 spiro atoms. The van der Waals surface area contributed by atoms with Gasteiger partial charge in [-0.2, -0.15) is 0 Å². The topological polar surface area (TPSA) is 147 Å². The minimum absolute atomic E-state index is 0.0228. The second-order valence-electron chi connectivity index (χ2n) is 4.07. The highest BCUT2D eigenvalue weighted by molar-refractivity contribution is 4.88. The number of aliphatic hydroxyl groups is 4. The molecule has 1 aliphatic heterocycles. The van der Waals surface area contributed by atoms with E-state index < -0.39 is 42.5 Å². The van der Waals surface area contributed by atoms with Gasteiger partial charge in [0.25, 0.3) is 0 Å². The molecule has 18 heavy (non-hydrogen) atoms. The van der Waals surface area contributed by atoms with E-state index in [4.69, 9.17) is 19.8 Å². The van der Waals surface area contributed by atoms with Gasteiger partial charge < -0.3 is 35.1 Å². The first-order valence-electron chi connectivity index (χ1n) is 5.61. The fourth-order valence-corrected chi connectivity index (χ4v) is 1.63. The quantitative estimate of drug-likeness (QED) is 0.211. The molecule has 1 rings (SSSR count). The first-order valence-corrected chi connectivity index (χ1v) is 5.61. The summed E-state index contributed by atoms with van der Waals surface area (Å²) in [5, 5.41) is 55.1. The summed E-state index contributed by atoms with van der Waals surface area (Å²) in [4.78, 5) is 0. The van der Waals surface area contributed by atoms with Crippen LogP contribution in [0.25, 0.3) is 0 Å². The SMILES string of the molecule is [O-][NH+](O)CCCO[C@@H]1O[C@@H](CO)[C@H](O)[C@H](O)[C@H]1O. The summed E-state index contributed by atoms with van der Waals surface area (Å²) in [5.74, 6) is 0. The first kappa shape index (κ1) is 15.7.